The number of Topliss-reactive ketones (excluding diaryl/α,β-unsaturated/α-hetero) is 4. The summed E-state index contributed by atoms with van der Waals surface area (Å²) in [5.74, 6) is -12.1. The fraction of sp³-hybridized carbons (Fsp3) is 0.556. The third-order valence-electron chi connectivity index (χ3n) is 8.37. The Balaban J connectivity index is 1.81. The summed E-state index contributed by atoms with van der Waals surface area (Å²) in [6.45, 7) is -0.211. The van der Waals surface area contributed by atoms with Crippen LogP contribution in [0.5, 0.6) is 5.75 Å². The molecule has 222 valence electrons. The number of aromatic hydroxyl groups is 1. The Bertz CT molecular complexity index is 1340. The van der Waals surface area contributed by atoms with E-state index in [1.807, 2.05) is 0 Å². The lowest BCUT2D eigenvalue weighted by Gasteiger charge is -2.52. The first-order chi connectivity index (χ1) is 19.2. The van der Waals surface area contributed by atoms with Gasteiger partial charge in [-0.15, -0.1) is 0 Å². The highest BCUT2D eigenvalue weighted by Gasteiger charge is 2.69. The van der Waals surface area contributed by atoms with Crippen LogP contribution >= 0.6 is 0 Å². The van der Waals surface area contributed by atoms with Crippen LogP contribution in [-0.4, -0.2) is 115 Å². The number of anilines is 2. The van der Waals surface area contributed by atoms with Gasteiger partial charge in [-0.05, 0) is 44.5 Å². The van der Waals surface area contributed by atoms with Gasteiger partial charge in [-0.3, -0.25) is 33.7 Å². The van der Waals surface area contributed by atoms with E-state index in [0.717, 1.165) is 0 Å². The van der Waals surface area contributed by atoms with Crippen LogP contribution in [0.15, 0.2) is 6.07 Å². The number of likely N-dealkylation sites (N-methyl/N-ethyl adjacent to an activating group) is 1. The smallest absolute Gasteiger partial charge is 0.238 e. The standard InChI is InChI=1S/C27H35N5O9/c1-31(2)15-9-14(30-16(34)10-29-5-6-33)21(35)18-12(15)7-11-8-13-20(32(3)4)23(37)19(26(28)40)25(39)27(13,41)24(38)17(11)22(18)36/h9,11,13,17,19-20,29,33,35,41H,5-8,10H2,1-4H3,(H2,28,40)(H,30,34)/t11?,13?,17?,19?,20-,27-/m0/s1. The number of carbonyl (C=O) groups is 6. The average Bonchev–Trinajstić information content (AvgIpc) is 2.87. The number of nitrogens with one attached hydrogen (secondary N) is 2. The number of fused-ring (bicyclic) bond motifs is 3. The van der Waals surface area contributed by atoms with Crippen molar-refractivity contribution < 1.29 is 44.1 Å². The lowest BCUT2D eigenvalue weighted by molar-refractivity contribution is -0.181. The molecule has 4 unspecified atom stereocenters. The van der Waals surface area contributed by atoms with Crippen LogP contribution < -0.4 is 21.3 Å². The third-order valence-corrected chi connectivity index (χ3v) is 8.37. The highest BCUT2D eigenvalue weighted by Crippen LogP contribution is 2.52. The highest BCUT2D eigenvalue weighted by molar-refractivity contribution is 6.32. The molecule has 14 heteroatoms. The lowest BCUT2D eigenvalue weighted by Crippen LogP contribution is -2.74. The first-order valence-corrected chi connectivity index (χ1v) is 13.2. The van der Waals surface area contributed by atoms with Crippen molar-refractivity contribution in [1.29, 1.82) is 0 Å². The van der Waals surface area contributed by atoms with Crippen molar-refractivity contribution in [3.8, 4) is 5.75 Å². The van der Waals surface area contributed by atoms with Crippen LogP contribution in [0.2, 0.25) is 0 Å². The predicted octanol–water partition coefficient (Wildman–Crippen LogP) is -2.55. The average molecular weight is 574 g/mol. The molecule has 2 amide bonds. The molecule has 0 aromatic heterocycles. The van der Waals surface area contributed by atoms with E-state index in [0.29, 0.717) is 11.3 Å². The second kappa shape index (κ2) is 10.9. The number of nitrogens with two attached hydrogens (primary N) is 1. The number of rotatable bonds is 8. The number of aliphatic hydroxyl groups excluding tert-OH is 1. The monoisotopic (exact) mass is 573 g/mol. The molecule has 3 aliphatic rings. The van der Waals surface area contributed by atoms with Gasteiger partial charge >= 0.3 is 0 Å². The van der Waals surface area contributed by atoms with E-state index in [9.17, 15) is 39.0 Å². The van der Waals surface area contributed by atoms with Gasteiger partial charge in [0.25, 0.3) is 0 Å². The number of nitrogens with zero attached hydrogens (tertiary/aromatic N) is 2. The number of hydrogen-bond donors (Lipinski definition) is 6. The summed E-state index contributed by atoms with van der Waals surface area (Å²) in [6.07, 6.45) is 0.0335. The fourth-order valence-corrected chi connectivity index (χ4v) is 6.62. The summed E-state index contributed by atoms with van der Waals surface area (Å²) in [6, 6.07) is 0.316. The van der Waals surface area contributed by atoms with Crippen LogP contribution in [0.3, 0.4) is 0 Å². The molecule has 0 radical (unpaired) electrons. The van der Waals surface area contributed by atoms with Crippen LogP contribution in [0.25, 0.3) is 0 Å². The minimum Gasteiger partial charge on any atom is -0.505 e. The Kier molecular flexibility index (Phi) is 8.06. The number of carbonyl (C=O) groups excluding carboxylic acids is 6. The molecule has 41 heavy (non-hydrogen) atoms. The molecule has 0 bridgehead atoms. The first kappa shape index (κ1) is 30.2. The van der Waals surface area contributed by atoms with Gasteiger partial charge < -0.3 is 36.6 Å². The van der Waals surface area contributed by atoms with Gasteiger partial charge in [0.05, 0.1) is 36.4 Å². The fourth-order valence-electron chi connectivity index (χ4n) is 6.62. The van der Waals surface area contributed by atoms with E-state index in [2.05, 4.69) is 10.6 Å². The number of hydrogen-bond acceptors (Lipinski definition) is 12. The SMILES string of the molecule is CN(C)c1cc(NC(=O)CNCCO)c(O)c2c1CC1CC3[C@H](N(C)C)C(=O)C(C(N)=O)C(=O)[C@@]3(O)C(=O)C1C2=O. The summed E-state index contributed by atoms with van der Waals surface area (Å²) >= 11 is 0. The van der Waals surface area contributed by atoms with Crippen LogP contribution in [-0.2, 0) is 30.4 Å². The van der Waals surface area contributed by atoms with Crippen molar-refractivity contribution in [1.82, 2.24) is 10.2 Å². The largest absolute Gasteiger partial charge is 0.505 e. The Labute approximate surface area is 235 Å². The molecule has 0 aliphatic heterocycles. The van der Waals surface area contributed by atoms with Crippen molar-refractivity contribution >= 4 is 46.3 Å². The zero-order chi connectivity index (χ0) is 30.5. The summed E-state index contributed by atoms with van der Waals surface area (Å²) in [5.41, 5.74) is 3.12. The molecule has 2 fully saturated rings. The lowest BCUT2D eigenvalue weighted by atomic mass is 9.52. The highest BCUT2D eigenvalue weighted by atomic mass is 16.3. The molecular formula is C27H35N5O9. The van der Waals surface area contributed by atoms with Crippen molar-refractivity contribution in [3.63, 3.8) is 0 Å². The zero-order valence-corrected chi connectivity index (χ0v) is 23.3. The predicted molar refractivity (Wildman–Crippen MR) is 144 cm³/mol. The van der Waals surface area contributed by atoms with E-state index in [1.165, 1.54) is 25.1 Å². The second-order valence-corrected chi connectivity index (χ2v) is 11.3. The molecule has 7 N–H and O–H groups in total. The maximum Gasteiger partial charge on any atom is 0.238 e. The van der Waals surface area contributed by atoms with E-state index in [4.69, 9.17) is 10.8 Å². The van der Waals surface area contributed by atoms with Gasteiger partial charge in [-0.25, -0.2) is 0 Å². The maximum absolute atomic E-state index is 14.0. The number of phenolic OH excluding ortho intramolecular Hbond substituents is 1. The molecule has 1 aromatic rings. The number of phenols is 1. The molecule has 0 spiro atoms. The number of primary amides is 1. The Morgan fingerprint density at radius 2 is 1.78 bits per heavy atom. The topological polar surface area (TPSA) is 220 Å². The molecular weight excluding hydrogens is 538 g/mol. The summed E-state index contributed by atoms with van der Waals surface area (Å²) in [5, 5.41) is 37.0. The Hall–Kier alpha value is -3.72. The van der Waals surface area contributed by atoms with Crippen molar-refractivity contribution in [2.75, 3.05) is 58.1 Å². The maximum atomic E-state index is 14.0. The van der Waals surface area contributed by atoms with Gasteiger partial charge in [0.1, 0.15) is 5.75 Å². The van der Waals surface area contributed by atoms with Gasteiger partial charge in [-0.1, -0.05) is 0 Å². The number of benzene rings is 1. The van der Waals surface area contributed by atoms with Crippen LogP contribution in [0.1, 0.15) is 22.3 Å². The summed E-state index contributed by atoms with van der Waals surface area (Å²) < 4.78 is 0. The van der Waals surface area contributed by atoms with Gasteiger partial charge in [-0.2, -0.15) is 0 Å². The van der Waals surface area contributed by atoms with E-state index < -0.39 is 76.0 Å². The third kappa shape index (κ3) is 4.70. The molecule has 4 rings (SSSR count). The van der Waals surface area contributed by atoms with E-state index in [-0.39, 0.29) is 43.8 Å². The molecule has 2 saturated carbocycles. The van der Waals surface area contributed by atoms with E-state index >= 15 is 0 Å². The minimum atomic E-state index is -2.82. The van der Waals surface area contributed by atoms with Gasteiger partial charge in [0.15, 0.2) is 34.7 Å². The van der Waals surface area contributed by atoms with Crippen molar-refractivity contribution in [2.45, 2.75) is 24.5 Å². The van der Waals surface area contributed by atoms with Gasteiger partial charge in [0.2, 0.25) is 11.8 Å². The van der Waals surface area contributed by atoms with E-state index in [1.54, 1.807) is 19.0 Å². The van der Waals surface area contributed by atoms with Crippen molar-refractivity contribution in [2.24, 2.45) is 29.4 Å². The van der Waals surface area contributed by atoms with Gasteiger partial charge in [0, 0.05) is 32.2 Å². The second-order valence-electron chi connectivity index (χ2n) is 11.3. The first-order valence-electron chi connectivity index (χ1n) is 13.2. The molecule has 6 atom stereocenters. The molecule has 0 saturated heterocycles. The summed E-state index contributed by atoms with van der Waals surface area (Å²) in [7, 11) is 6.44. The normalized spacial score (nSPS) is 29.1. The Morgan fingerprint density at radius 1 is 1.12 bits per heavy atom. The van der Waals surface area contributed by atoms with Crippen LogP contribution in [0, 0.1) is 23.7 Å². The number of aliphatic hydroxyl groups is 2. The van der Waals surface area contributed by atoms with Crippen LogP contribution in [0.4, 0.5) is 11.4 Å². The summed E-state index contributed by atoms with van der Waals surface area (Å²) in [4.78, 5) is 82.2. The molecule has 3 aliphatic carbocycles. The molecule has 14 nitrogen and oxygen atoms in total. The quantitative estimate of drug-likeness (QED) is 0.108. The molecule has 0 heterocycles. The number of ketones is 4. The Morgan fingerprint density at radius 3 is 2.34 bits per heavy atom. The number of amides is 2. The minimum absolute atomic E-state index is 0.0630. The zero-order valence-electron chi connectivity index (χ0n) is 23.3. The molecule has 1 aromatic carbocycles. The van der Waals surface area contributed by atoms with Crippen molar-refractivity contribution in [3.05, 3.63) is 17.2 Å².